The minimum absolute atomic E-state index is 0.0116. The van der Waals surface area contributed by atoms with Gasteiger partial charge in [0, 0.05) is 9.37 Å². The van der Waals surface area contributed by atoms with Gasteiger partial charge < -0.3 is 5.11 Å². The highest BCUT2D eigenvalue weighted by Crippen LogP contribution is 2.28. The van der Waals surface area contributed by atoms with Gasteiger partial charge in [0.05, 0.1) is 5.56 Å². The van der Waals surface area contributed by atoms with E-state index >= 15 is 0 Å². The zero-order chi connectivity index (χ0) is 10.7. The molecule has 14 heavy (non-hydrogen) atoms. The zero-order valence-electron chi connectivity index (χ0n) is 6.71. The second-order valence-electron chi connectivity index (χ2n) is 2.36. The zero-order valence-corrected chi connectivity index (χ0v) is 9.11. The van der Waals surface area contributed by atoms with Crippen LogP contribution in [0.5, 0.6) is 0 Å². The molecule has 0 saturated heterocycles. The highest BCUT2D eigenvalue weighted by molar-refractivity contribution is 9.10. The van der Waals surface area contributed by atoms with E-state index in [1.54, 1.807) is 0 Å². The van der Waals surface area contributed by atoms with Crippen molar-refractivity contribution in [3.63, 3.8) is 0 Å². The van der Waals surface area contributed by atoms with Crippen molar-refractivity contribution in [1.82, 2.24) is 0 Å². The lowest BCUT2D eigenvalue weighted by Gasteiger charge is -2.02. The molecule has 0 fully saturated rings. The van der Waals surface area contributed by atoms with Crippen molar-refractivity contribution in [3.05, 3.63) is 28.2 Å². The smallest absolute Gasteiger partial charge is 0.335 e. The molecule has 0 bridgehead atoms. The van der Waals surface area contributed by atoms with E-state index in [0.717, 1.165) is 0 Å². The molecule has 0 heterocycles. The molecule has 0 spiro atoms. The van der Waals surface area contributed by atoms with Gasteiger partial charge in [0.1, 0.15) is 0 Å². The van der Waals surface area contributed by atoms with Crippen molar-refractivity contribution in [2.75, 3.05) is 0 Å². The first kappa shape index (κ1) is 11.5. The van der Waals surface area contributed by atoms with Crippen molar-refractivity contribution < 1.29 is 18.7 Å². The van der Waals surface area contributed by atoms with Gasteiger partial charge in [-0.25, -0.2) is 4.79 Å². The molecule has 0 aliphatic rings. The van der Waals surface area contributed by atoms with E-state index in [9.17, 15) is 13.6 Å². The molecular weight excluding hydrogens is 278 g/mol. The minimum Gasteiger partial charge on any atom is -0.478 e. The van der Waals surface area contributed by atoms with Gasteiger partial charge in [-0.15, -0.1) is 0 Å². The maximum absolute atomic E-state index is 12.0. The predicted octanol–water partition coefficient (Wildman–Crippen LogP) is 3.46. The van der Waals surface area contributed by atoms with Crippen LogP contribution in [0.15, 0.2) is 27.6 Å². The van der Waals surface area contributed by atoms with Crippen LogP contribution in [0.1, 0.15) is 10.4 Å². The van der Waals surface area contributed by atoms with Crippen LogP contribution in [-0.4, -0.2) is 16.8 Å². The maximum atomic E-state index is 12.0. The van der Waals surface area contributed by atoms with E-state index in [1.807, 2.05) is 0 Å². The molecule has 1 aromatic carbocycles. The normalized spacial score (nSPS) is 10.6. The number of aromatic carboxylic acids is 1. The quantitative estimate of drug-likeness (QED) is 0.863. The van der Waals surface area contributed by atoms with Crippen molar-refractivity contribution >= 4 is 33.7 Å². The molecular formula is C8H5BrF2O2S. The summed E-state index contributed by atoms with van der Waals surface area (Å²) in [6.45, 7) is 0. The van der Waals surface area contributed by atoms with Gasteiger partial charge in [-0.2, -0.15) is 8.78 Å². The van der Waals surface area contributed by atoms with Gasteiger partial charge in [-0.05, 0) is 18.2 Å². The number of thioether (sulfide) groups is 1. The van der Waals surface area contributed by atoms with Gasteiger partial charge in [0.25, 0.3) is 5.76 Å². The summed E-state index contributed by atoms with van der Waals surface area (Å²) >= 11 is 3.37. The van der Waals surface area contributed by atoms with Gasteiger partial charge in [0.2, 0.25) is 0 Å². The molecule has 0 aliphatic carbocycles. The first-order valence-electron chi connectivity index (χ1n) is 3.48. The standard InChI is InChI=1S/C8H5BrF2O2S/c9-5-1-4(7(12)13)2-6(3-5)14-8(10)11/h1-3,8H,(H,12,13). The topological polar surface area (TPSA) is 37.3 Å². The average molecular weight is 283 g/mol. The molecule has 76 valence electrons. The Hall–Kier alpha value is -0.620. The fraction of sp³-hybridized carbons (Fsp3) is 0.125. The molecule has 1 rings (SSSR count). The third-order valence-corrected chi connectivity index (χ3v) is 2.49. The average Bonchev–Trinajstić information content (AvgIpc) is 2.01. The number of hydrogen-bond donors (Lipinski definition) is 1. The highest BCUT2D eigenvalue weighted by atomic mass is 79.9. The Kier molecular flexibility index (Phi) is 3.88. The number of halogens is 3. The number of carbonyl (C=O) groups is 1. The van der Waals surface area contributed by atoms with Crippen LogP contribution in [-0.2, 0) is 0 Å². The Labute approximate surface area is 91.4 Å². The van der Waals surface area contributed by atoms with Crippen molar-refractivity contribution in [2.45, 2.75) is 10.7 Å². The summed E-state index contributed by atoms with van der Waals surface area (Å²) in [5.74, 6) is -3.69. The number of alkyl halides is 2. The largest absolute Gasteiger partial charge is 0.478 e. The summed E-state index contributed by atoms with van der Waals surface area (Å²) in [5, 5.41) is 8.65. The second kappa shape index (κ2) is 4.75. The lowest BCUT2D eigenvalue weighted by atomic mass is 10.2. The molecule has 0 atom stereocenters. The third-order valence-electron chi connectivity index (χ3n) is 1.34. The summed E-state index contributed by atoms with van der Waals surface area (Å²) in [6, 6.07) is 4.02. The summed E-state index contributed by atoms with van der Waals surface area (Å²) in [5.41, 5.74) is -0.0116. The number of carboxylic acid groups (broad SMARTS) is 1. The molecule has 6 heteroatoms. The lowest BCUT2D eigenvalue weighted by molar-refractivity contribution is 0.0696. The Morgan fingerprint density at radius 2 is 2.07 bits per heavy atom. The van der Waals surface area contributed by atoms with Gasteiger partial charge in [0.15, 0.2) is 0 Å². The molecule has 1 aromatic rings. The number of hydrogen-bond acceptors (Lipinski definition) is 2. The number of benzene rings is 1. The summed E-state index contributed by atoms with van der Waals surface area (Å²) in [7, 11) is 0. The summed E-state index contributed by atoms with van der Waals surface area (Å²) < 4.78 is 24.4. The molecule has 0 aromatic heterocycles. The van der Waals surface area contributed by atoms with Crippen LogP contribution in [0.4, 0.5) is 8.78 Å². The van der Waals surface area contributed by atoms with E-state index < -0.39 is 11.7 Å². The molecule has 0 aliphatic heterocycles. The van der Waals surface area contributed by atoms with Crippen molar-refractivity contribution in [3.8, 4) is 0 Å². The van der Waals surface area contributed by atoms with Crippen LogP contribution in [0.3, 0.4) is 0 Å². The molecule has 0 saturated carbocycles. The van der Waals surface area contributed by atoms with Crippen molar-refractivity contribution in [1.29, 1.82) is 0 Å². The second-order valence-corrected chi connectivity index (χ2v) is 4.34. The van der Waals surface area contributed by atoms with E-state index in [2.05, 4.69) is 15.9 Å². The molecule has 0 amide bonds. The van der Waals surface area contributed by atoms with Crippen LogP contribution in [0.25, 0.3) is 0 Å². The lowest BCUT2D eigenvalue weighted by Crippen LogP contribution is -1.96. The van der Waals surface area contributed by atoms with Crippen LogP contribution >= 0.6 is 27.7 Å². The Bertz CT molecular complexity index is 357. The monoisotopic (exact) mass is 282 g/mol. The fourth-order valence-electron chi connectivity index (χ4n) is 0.857. The van der Waals surface area contributed by atoms with Gasteiger partial charge in [-0.1, -0.05) is 27.7 Å². The SMILES string of the molecule is O=C(O)c1cc(Br)cc(SC(F)F)c1. The van der Waals surface area contributed by atoms with Crippen LogP contribution in [0.2, 0.25) is 0 Å². The fourth-order valence-corrected chi connectivity index (χ4v) is 2.10. The van der Waals surface area contributed by atoms with Gasteiger partial charge >= 0.3 is 5.97 Å². The van der Waals surface area contributed by atoms with E-state index in [1.165, 1.54) is 18.2 Å². The van der Waals surface area contributed by atoms with Crippen LogP contribution < -0.4 is 0 Å². The van der Waals surface area contributed by atoms with E-state index in [4.69, 9.17) is 5.11 Å². The third kappa shape index (κ3) is 3.26. The number of carboxylic acids is 1. The predicted molar refractivity (Wildman–Crippen MR) is 53.0 cm³/mol. The van der Waals surface area contributed by atoms with E-state index in [0.29, 0.717) is 16.2 Å². The summed E-state index contributed by atoms with van der Waals surface area (Å²) in [6.07, 6.45) is 0. The Morgan fingerprint density at radius 1 is 1.43 bits per heavy atom. The Balaban J connectivity index is 3.01. The summed E-state index contributed by atoms with van der Waals surface area (Å²) in [4.78, 5) is 10.8. The molecule has 0 radical (unpaired) electrons. The highest BCUT2D eigenvalue weighted by Gasteiger charge is 2.10. The first-order valence-corrected chi connectivity index (χ1v) is 5.15. The first-order chi connectivity index (χ1) is 6.49. The van der Waals surface area contributed by atoms with Crippen molar-refractivity contribution in [2.24, 2.45) is 0 Å². The Morgan fingerprint density at radius 3 is 2.57 bits per heavy atom. The number of rotatable bonds is 3. The molecule has 0 unspecified atom stereocenters. The van der Waals surface area contributed by atoms with E-state index in [-0.39, 0.29) is 10.5 Å². The maximum Gasteiger partial charge on any atom is 0.335 e. The molecule has 1 N–H and O–H groups in total. The molecule has 2 nitrogen and oxygen atoms in total. The minimum atomic E-state index is -2.55. The van der Waals surface area contributed by atoms with Crippen LogP contribution in [0, 0.1) is 0 Å². The van der Waals surface area contributed by atoms with Gasteiger partial charge in [-0.3, -0.25) is 0 Å².